The van der Waals surface area contributed by atoms with Gasteiger partial charge in [0.1, 0.15) is 0 Å². The Bertz CT molecular complexity index is 507. The number of aliphatic hydroxyl groups is 1. The van der Waals surface area contributed by atoms with Crippen molar-refractivity contribution in [3.63, 3.8) is 0 Å². The van der Waals surface area contributed by atoms with Crippen molar-refractivity contribution in [1.29, 1.82) is 0 Å². The molecule has 1 heterocycles. The van der Waals surface area contributed by atoms with Crippen molar-refractivity contribution in [3.05, 3.63) is 18.0 Å². The summed E-state index contributed by atoms with van der Waals surface area (Å²) < 4.78 is 1.84. The summed E-state index contributed by atoms with van der Waals surface area (Å²) in [6, 6.07) is 2.05. The third-order valence-corrected chi connectivity index (χ3v) is 6.28. The number of aliphatic hydroxyl groups excluding tert-OH is 1. The van der Waals surface area contributed by atoms with Crippen molar-refractivity contribution in [3.8, 4) is 0 Å². The molecule has 4 fully saturated rings. The van der Waals surface area contributed by atoms with Crippen molar-refractivity contribution in [2.75, 3.05) is 0 Å². The van der Waals surface area contributed by atoms with Crippen LogP contribution in [-0.2, 0) is 13.5 Å². The van der Waals surface area contributed by atoms with Crippen LogP contribution in [0.3, 0.4) is 0 Å². The molecule has 1 N–H and O–H groups in total. The maximum atomic E-state index is 10.9. The van der Waals surface area contributed by atoms with E-state index in [0.29, 0.717) is 5.41 Å². The van der Waals surface area contributed by atoms with E-state index >= 15 is 0 Å². The molecular formula is C17H26N2O. The molecule has 20 heavy (non-hydrogen) atoms. The van der Waals surface area contributed by atoms with Crippen molar-refractivity contribution in [2.24, 2.45) is 29.7 Å². The predicted octanol–water partition coefficient (Wildman–Crippen LogP) is 2.93. The second-order valence-electron chi connectivity index (χ2n) is 8.33. The number of aromatic nitrogens is 2. The maximum absolute atomic E-state index is 10.9. The van der Waals surface area contributed by atoms with Gasteiger partial charge in [0.25, 0.3) is 0 Å². The molecule has 4 saturated carbocycles. The lowest BCUT2D eigenvalue weighted by molar-refractivity contribution is -0.152. The van der Waals surface area contributed by atoms with E-state index in [4.69, 9.17) is 0 Å². The molecule has 1 aromatic rings. The molecule has 4 bridgehead atoms. The predicted molar refractivity (Wildman–Crippen MR) is 78.1 cm³/mol. The summed E-state index contributed by atoms with van der Waals surface area (Å²) >= 11 is 0. The van der Waals surface area contributed by atoms with Crippen LogP contribution in [0.1, 0.15) is 51.1 Å². The van der Waals surface area contributed by atoms with Crippen molar-refractivity contribution < 1.29 is 5.11 Å². The molecule has 110 valence electrons. The Morgan fingerprint density at radius 2 is 2.05 bits per heavy atom. The van der Waals surface area contributed by atoms with Gasteiger partial charge < -0.3 is 5.11 Å². The molecule has 0 amide bonds. The van der Waals surface area contributed by atoms with Crippen molar-refractivity contribution >= 4 is 0 Å². The number of nitrogens with zero attached hydrogens (tertiary/aromatic N) is 2. The molecule has 0 saturated heterocycles. The summed E-state index contributed by atoms with van der Waals surface area (Å²) in [5.41, 5.74) is 1.74. The Morgan fingerprint density at radius 1 is 1.35 bits per heavy atom. The second-order valence-corrected chi connectivity index (χ2v) is 8.33. The number of aryl methyl sites for hydroxylation is 1. The Kier molecular flexibility index (Phi) is 2.64. The van der Waals surface area contributed by atoms with Crippen LogP contribution in [0.4, 0.5) is 0 Å². The number of rotatable bonds is 3. The summed E-state index contributed by atoms with van der Waals surface area (Å²) in [5.74, 6) is 1.75. The van der Waals surface area contributed by atoms with Gasteiger partial charge in [0.05, 0.1) is 11.8 Å². The maximum Gasteiger partial charge on any atom is 0.0652 e. The van der Waals surface area contributed by atoms with Gasteiger partial charge in [0, 0.05) is 19.7 Å². The molecule has 1 aromatic heterocycles. The van der Waals surface area contributed by atoms with Crippen molar-refractivity contribution in [1.82, 2.24) is 9.78 Å². The van der Waals surface area contributed by atoms with Gasteiger partial charge in [-0.25, -0.2) is 0 Å². The molecule has 0 aliphatic heterocycles. The van der Waals surface area contributed by atoms with Crippen LogP contribution >= 0.6 is 0 Å². The SMILES string of the molecule is Cn1ccc(CC(O)C23CC4CC(CC(C)(C4)C2)C3)n1. The third-order valence-electron chi connectivity index (χ3n) is 6.28. The monoisotopic (exact) mass is 274 g/mol. The number of hydrogen-bond acceptors (Lipinski definition) is 2. The highest BCUT2D eigenvalue weighted by molar-refractivity contribution is 5.11. The van der Waals surface area contributed by atoms with Crippen LogP contribution in [0, 0.1) is 22.7 Å². The first kappa shape index (κ1) is 12.9. The highest BCUT2D eigenvalue weighted by Gasteiger charge is 2.58. The van der Waals surface area contributed by atoms with Crippen LogP contribution in [0.15, 0.2) is 12.3 Å². The zero-order valence-corrected chi connectivity index (χ0v) is 12.7. The van der Waals surface area contributed by atoms with Crippen LogP contribution < -0.4 is 0 Å². The molecule has 3 nitrogen and oxygen atoms in total. The van der Waals surface area contributed by atoms with Gasteiger partial charge in [-0.05, 0) is 67.3 Å². The Hall–Kier alpha value is -0.830. The minimum atomic E-state index is -0.206. The molecule has 0 radical (unpaired) electrons. The minimum absolute atomic E-state index is 0.191. The molecule has 0 aromatic carbocycles. The quantitative estimate of drug-likeness (QED) is 0.920. The van der Waals surface area contributed by atoms with Gasteiger partial charge in [-0.3, -0.25) is 4.68 Å². The van der Waals surface area contributed by atoms with E-state index < -0.39 is 0 Å². The molecule has 3 unspecified atom stereocenters. The normalized spacial score (nSPS) is 44.0. The van der Waals surface area contributed by atoms with E-state index in [0.717, 1.165) is 24.0 Å². The zero-order chi connectivity index (χ0) is 14.0. The van der Waals surface area contributed by atoms with Gasteiger partial charge in [0.2, 0.25) is 0 Å². The second kappa shape index (κ2) is 4.09. The largest absolute Gasteiger partial charge is 0.392 e. The smallest absolute Gasteiger partial charge is 0.0652 e. The highest BCUT2D eigenvalue weighted by atomic mass is 16.3. The lowest BCUT2D eigenvalue weighted by atomic mass is 9.43. The summed E-state index contributed by atoms with van der Waals surface area (Å²) in [6.45, 7) is 2.46. The van der Waals surface area contributed by atoms with Crippen LogP contribution in [0.25, 0.3) is 0 Å². The lowest BCUT2D eigenvalue weighted by Crippen LogP contribution is -2.55. The molecular weight excluding hydrogens is 248 g/mol. The molecule has 0 spiro atoms. The highest BCUT2D eigenvalue weighted by Crippen LogP contribution is 2.66. The average Bonchev–Trinajstić information content (AvgIpc) is 2.71. The summed E-state index contributed by atoms with van der Waals surface area (Å²) in [6.07, 6.45) is 10.5. The van der Waals surface area contributed by atoms with E-state index in [9.17, 15) is 5.11 Å². The Balaban J connectivity index is 1.57. The standard InChI is InChI=1S/C17H26N2O/c1-16-7-12-5-13(8-16)10-17(9-12,11-16)15(20)6-14-3-4-19(2)18-14/h3-4,12-13,15,20H,5-11H2,1-2H3. The summed E-state index contributed by atoms with van der Waals surface area (Å²) in [5, 5.41) is 15.4. The molecule has 4 aliphatic carbocycles. The lowest BCUT2D eigenvalue weighted by Gasteiger charge is -2.62. The number of hydrogen-bond donors (Lipinski definition) is 1. The zero-order valence-electron chi connectivity index (χ0n) is 12.7. The van der Waals surface area contributed by atoms with E-state index in [1.165, 1.54) is 38.5 Å². The van der Waals surface area contributed by atoms with Crippen LogP contribution in [-0.4, -0.2) is 21.0 Å². The minimum Gasteiger partial charge on any atom is -0.392 e. The van der Waals surface area contributed by atoms with Gasteiger partial charge in [0.15, 0.2) is 0 Å². The Morgan fingerprint density at radius 3 is 2.60 bits per heavy atom. The fourth-order valence-corrected chi connectivity index (χ4v) is 6.17. The van der Waals surface area contributed by atoms with E-state index in [-0.39, 0.29) is 11.5 Å². The first-order chi connectivity index (χ1) is 9.46. The molecule has 4 aliphatic rings. The average molecular weight is 274 g/mol. The summed E-state index contributed by atoms with van der Waals surface area (Å²) in [7, 11) is 1.95. The Labute approximate surface area is 121 Å². The fourth-order valence-electron chi connectivity index (χ4n) is 6.17. The van der Waals surface area contributed by atoms with Gasteiger partial charge in [-0.1, -0.05) is 6.92 Å². The topological polar surface area (TPSA) is 38.0 Å². The first-order valence-corrected chi connectivity index (χ1v) is 8.13. The van der Waals surface area contributed by atoms with Crippen LogP contribution in [0.2, 0.25) is 0 Å². The van der Waals surface area contributed by atoms with E-state index in [1.807, 2.05) is 24.0 Å². The molecule has 3 atom stereocenters. The first-order valence-electron chi connectivity index (χ1n) is 8.13. The van der Waals surface area contributed by atoms with Crippen molar-refractivity contribution in [2.45, 2.75) is 58.0 Å². The van der Waals surface area contributed by atoms with Crippen LogP contribution in [0.5, 0.6) is 0 Å². The molecule has 5 rings (SSSR count). The molecule has 3 heteroatoms. The van der Waals surface area contributed by atoms with E-state index in [2.05, 4.69) is 12.0 Å². The third kappa shape index (κ3) is 1.93. The van der Waals surface area contributed by atoms with Gasteiger partial charge in [-0.2, -0.15) is 5.10 Å². The fraction of sp³-hybridized carbons (Fsp3) is 0.824. The van der Waals surface area contributed by atoms with Gasteiger partial charge >= 0.3 is 0 Å². The van der Waals surface area contributed by atoms with Gasteiger partial charge in [-0.15, -0.1) is 0 Å². The van der Waals surface area contributed by atoms with E-state index in [1.54, 1.807) is 0 Å². The summed E-state index contributed by atoms with van der Waals surface area (Å²) in [4.78, 5) is 0.